The molecule has 0 aliphatic carbocycles. The Morgan fingerprint density at radius 1 is 1.19 bits per heavy atom. The van der Waals surface area contributed by atoms with E-state index in [1.54, 1.807) is 24.3 Å². The topological polar surface area (TPSA) is 107 Å². The molecule has 2 aromatic heterocycles. The molecule has 1 fully saturated rings. The quantitative estimate of drug-likeness (QED) is 0.406. The van der Waals surface area contributed by atoms with Crippen LogP contribution in [0.4, 0.5) is 13.2 Å². The van der Waals surface area contributed by atoms with Gasteiger partial charge in [0, 0.05) is 36.0 Å². The Hall–Kier alpha value is -3.15. The highest BCUT2D eigenvalue weighted by molar-refractivity contribution is 6.30. The standard InChI is InChI=1S/C25H25ClF3N3O5/c26-17-5-3-16(4-6-17)19-10-22(34)32(21(31-19)2-1-9-25(27,28)29)11-18-7-8-20(37-18)23(35)30-12-24(13-33)14-36-15-24/h3-8,10,33H,1-2,9,11-15H2,(H,30,35). The highest BCUT2D eigenvalue weighted by Gasteiger charge is 2.38. The number of hydrogen-bond acceptors (Lipinski definition) is 6. The van der Waals surface area contributed by atoms with E-state index in [1.165, 1.54) is 22.8 Å². The number of hydrogen-bond donors (Lipinski definition) is 2. The first-order valence-corrected chi connectivity index (χ1v) is 11.9. The molecule has 0 radical (unpaired) electrons. The third-order valence-corrected chi connectivity index (χ3v) is 6.32. The van der Waals surface area contributed by atoms with Crippen molar-refractivity contribution in [1.82, 2.24) is 14.9 Å². The fourth-order valence-corrected chi connectivity index (χ4v) is 3.99. The van der Waals surface area contributed by atoms with Gasteiger partial charge in [0.1, 0.15) is 11.6 Å². The molecule has 1 saturated heterocycles. The van der Waals surface area contributed by atoms with Gasteiger partial charge in [-0.2, -0.15) is 13.2 Å². The summed E-state index contributed by atoms with van der Waals surface area (Å²) in [6.07, 6.45) is -5.68. The third kappa shape index (κ3) is 6.79. The van der Waals surface area contributed by atoms with E-state index in [2.05, 4.69) is 10.3 Å². The number of aliphatic hydroxyl groups is 1. The van der Waals surface area contributed by atoms with Gasteiger partial charge in [-0.1, -0.05) is 23.7 Å². The number of amides is 1. The third-order valence-electron chi connectivity index (χ3n) is 6.06. The van der Waals surface area contributed by atoms with Gasteiger partial charge in [0.25, 0.3) is 11.5 Å². The second-order valence-electron chi connectivity index (χ2n) is 9.06. The summed E-state index contributed by atoms with van der Waals surface area (Å²) in [6.45, 7) is 0.640. The second-order valence-corrected chi connectivity index (χ2v) is 9.49. The maximum absolute atomic E-state index is 13.0. The molecule has 8 nitrogen and oxygen atoms in total. The molecule has 0 unspecified atom stereocenters. The van der Waals surface area contributed by atoms with Crippen LogP contribution in [-0.4, -0.2) is 53.1 Å². The molecule has 1 aliphatic heterocycles. The van der Waals surface area contributed by atoms with Gasteiger partial charge < -0.3 is 19.6 Å². The van der Waals surface area contributed by atoms with E-state index in [0.29, 0.717) is 29.5 Å². The van der Waals surface area contributed by atoms with E-state index < -0.39 is 29.5 Å². The molecular formula is C25H25ClF3N3O5. The normalized spacial score (nSPS) is 14.8. The lowest BCUT2D eigenvalue weighted by Gasteiger charge is -2.39. The number of halogens is 4. The molecule has 1 aliphatic rings. The number of aromatic nitrogens is 2. The van der Waals surface area contributed by atoms with Crippen LogP contribution in [0.2, 0.25) is 5.02 Å². The molecule has 0 atom stereocenters. The Labute approximate surface area is 215 Å². The van der Waals surface area contributed by atoms with Gasteiger partial charge in [0.05, 0.1) is 37.5 Å². The van der Waals surface area contributed by atoms with Crippen LogP contribution in [0.3, 0.4) is 0 Å². The predicted molar refractivity (Wildman–Crippen MR) is 128 cm³/mol. The molecule has 198 valence electrons. The molecule has 1 amide bonds. The van der Waals surface area contributed by atoms with Crippen molar-refractivity contribution in [3.63, 3.8) is 0 Å². The number of ether oxygens (including phenoxy) is 1. The molecule has 3 heterocycles. The first kappa shape index (κ1) is 26.9. The number of nitrogens with one attached hydrogen (secondary N) is 1. The number of aryl methyl sites for hydroxylation is 1. The number of benzene rings is 1. The van der Waals surface area contributed by atoms with Crippen LogP contribution in [0.15, 0.2) is 51.7 Å². The molecule has 0 saturated carbocycles. The lowest BCUT2D eigenvalue weighted by Crippen LogP contribution is -2.53. The number of alkyl halides is 3. The smallest absolute Gasteiger partial charge is 0.389 e. The predicted octanol–water partition coefficient (Wildman–Crippen LogP) is 3.83. The second kappa shape index (κ2) is 11.1. The van der Waals surface area contributed by atoms with Crippen molar-refractivity contribution in [2.24, 2.45) is 5.41 Å². The Morgan fingerprint density at radius 3 is 2.54 bits per heavy atom. The van der Waals surface area contributed by atoms with Crippen molar-refractivity contribution in [3.05, 3.63) is 75.2 Å². The van der Waals surface area contributed by atoms with Crippen LogP contribution in [0, 0.1) is 5.41 Å². The first-order valence-electron chi connectivity index (χ1n) is 11.6. The summed E-state index contributed by atoms with van der Waals surface area (Å²) in [5.74, 6) is -0.0751. The van der Waals surface area contributed by atoms with Gasteiger partial charge in [-0.05, 0) is 30.7 Å². The van der Waals surface area contributed by atoms with Gasteiger partial charge in [-0.3, -0.25) is 14.2 Å². The zero-order valence-electron chi connectivity index (χ0n) is 19.7. The molecule has 2 N–H and O–H groups in total. The van der Waals surface area contributed by atoms with E-state index in [1.807, 2.05) is 0 Å². The summed E-state index contributed by atoms with van der Waals surface area (Å²) >= 11 is 5.92. The van der Waals surface area contributed by atoms with Crippen LogP contribution < -0.4 is 10.9 Å². The summed E-state index contributed by atoms with van der Waals surface area (Å²) in [4.78, 5) is 30.0. The van der Waals surface area contributed by atoms with Crippen molar-refractivity contribution in [1.29, 1.82) is 0 Å². The summed E-state index contributed by atoms with van der Waals surface area (Å²) in [6, 6.07) is 10.8. The Morgan fingerprint density at radius 2 is 1.92 bits per heavy atom. The average molecular weight is 540 g/mol. The van der Waals surface area contributed by atoms with Gasteiger partial charge in [-0.15, -0.1) is 0 Å². The Balaban J connectivity index is 1.54. The lowest BCUT2D eigenvalue weighted by atomic mass is 9.87. The molecule has 3 aromatic rings. The SMILES string of the molecule is O=C(NCC1(CO)COC1)c1ccc(Cn2c(CCCC(F)(F)F)nc(-c3ccc(Cl)cc3)cc2=O)o1. The van der Waals surface area contributed by atoms with Crippen LogP contribution in [0.25, 0.3) is 11.3 Å². The lowest BCUT2D eigenvalue weighted by molar-refractivity contribution is -0.135. The van der Waals surface area contributed by atoms with E-state index >= 15 is 0 Å². The van der Waals surface area contributed by atoms with Gasteiger partial charge in [-0.25, -0.2) is 4.98 Å². The van der Waals surface area contributed by atoms with Crippen molar-refractivity contribution >= 4 is 17.5 Å². The number of rotatable bonds is 10. The minimum Gasteiger partial charge on any atom is -0.454 e. The summed E-state index contributed by atoms with van der Waals surface area (Å²) in [7, 11) is 0. The van der Waals surface area contributed by atoms with Crippen LogP contribution in [-0.2, 0) is 17.7 Å². The molecule has 4 rings (SSSR count). The molecule has 0 bridgehead atoms. The van der Waals surface area contributed by atoms with Crippen molar-refractivity contribution < 1.29 is 32.2 Å². The fourth-order valence-electron chi connectivity index (χ4n) is 3.86. The van der Waals surface area contributed by atoms with Gasteiger partial charge in [0.15, 0.2) is 5.76 Å². The molecule has 37 heavy (non-hydrogen) atoms. The summed E-state index contributed by atoms with van der Waals surface area (Å²) in [5, 5.41) is 12.7. The monoisotopic (exact) mass is 539 g/mol. The van der Waals surface area contributed by atoms with E-state index in [-0.39, 0.29) is 49.9 Å². The van der Waals surface area contributed by atoms with E-state index in [0.717, 1.165) is 0 Å². The fraction of sp³-hybridized carbons (Fsp3) is 0.400. The number of carbonyl (C=O) groups is 1. The number of carbonyl (C=O) groups excluding carboxylic acids is 1. The van der Waals surface area contributed by atoms with E-state index in [9.17, 15) is 27.9 Å². The first-order chi connectivity index (χ1) is 17.6. The number of aliphatic hydroxyl groups excluding tert-OH is 1. The molecule has 1 aromatic carbocycles. The maximum Gasteiger partial charge on any atom is 0.389 e. The number of furan rings is 1. The van der Waals surface area contributed by atoms with Gasteiger partial charge >= 0.3 is 6.18 Å². The maximum atomic E-state index is 13.0. The average Bonchev–Trinajstić information content (AvgIpc) is 3.29. The largest absolute Gasteiger partial charge is 0.454 e. The molecular weight excluding hydrogens is 515 g/mol. The van der Waals surface area contributed by atoms with Crippen LogP contribution in [0.5, 0.6) is 0 Å². The minimum atomic E-state index is -4.33. The molecule has 0 spiro atoms. The highest BCUT2D eigenvalue weighted by atomic mass is 35.5. The summed E-state index contributed by atoms with van der Waals surface area (Å²) in [5.41, 5.74) is -0.0713. The van der Waals surface area contributed by atoms with Crippen molar-refractivity contribution in [2.45, 2.75) is 32.0 Å². The zero-order valence-corrected chi connectivity index (χ0v) is 20.4. The summed E-state index contributed by atoms with van der Waals surface area (Å²) < 4.78 is 50.2. The Bertz CT molecular complexity index is 1290. The van der Waals surface area contributed by atoms with Gasteiger partial charge in [0.2, 0.25) is 0 Å². The zero-order chi connectivity index (χ0) is 26.6. The van der Waals surface area contributed by atoms with Crippen LogP contribution in [0.1, 0.15) is 35.0 Å². The van der Waals surface area contributed by atoms with Crippen molar-refractivity contribution in [3.8, 4) is 11.3 Å². The Kier molecular flexibility index (Phi) is 8.05. The highest BCUT2D eigenvalue weighted by Crippen LogP contribution is 2.26. The minimum absolute atomic E-state index is 0.000690. The van der Waals surface area contributed by atoms with Crippen molar-refractivity contribution in [2.75, 3.05) is 26.4 Å². The van der Waals surface area contributed by atoms with E-state index in [4.69, 9.17) is 20.8 Å². The van der Waals surface area contributed by atoms with Crippen LogP contribution >= 0.6 is 11.6 Å². The number of nitrogens with zero attached hydrogens (tertiary/aromatic N) is 2. The molecule has 12 heteroatoms.